The van der Waals surface area contributed by atoms with Crippen LogP contribution in [-0.2, 0) is 9.59 Å². The van der Waals surface area contributed by atoms with Gasteiger partial charge in [-0.1, -0.05) is 29.3 Å². The van der Waals surface area contributed by atoms with Gasteiger partial charge in [0.2, 0.25) is 5.91 Å². The van der Waals surface area contributed by atoms with E-state index in [0.717, 1.165) is 10.9 Å². The second-order valence-corrected chi connectivity index (χ2v) is 5.79. The van der Waals surface area contributed by atoms with E-state index in [2.05, 4.69) is 26.6 Å². The van der Waals surface area contributed by atoms with Crippen molar-refractivity contribution in [3.8, 4) is 0 Å². The Kier molecular flexibility index (Phi) is 7.59. The summed E-state index contributed by atoms with van der Waals surface area (Å²) in [5, 5.41) is 5.30. The molecule has 7 heteroatoms. The lowest BCUT2D eigenvalue weighted by Crippen LogP contribution is -2.43. The number of nitrogens with two attached hydrogens (primary N) is 1. The fourth-order valence-corrected chi connectivity index (χ4v) is 2.15. The van der Waals surface area contributed by atoms with Gasteiger partial charge in [-0.3, -0.25) is 9.59 Å². The lowest BCUT2D eigenvalue weighted by Gasteiger charge is -2.17. The second-order valence-electron chi connectivity index (χ2n) is 4.88. The number of benzene rings is 1. The quantitative estimate of drug-likeness (QED) is 0.656. The molecule has 22 heavy (non-hydrogen) atoms. The zero-order valence-corrected chi connectivity index (χ0v) is 14.0. The number of hydrogen-bond acceptors (Lipinski definition) is 3. The zero-order chi connectivity index (χ0) is 16.5. The van der Waals surface area contributed by atoms with Gasteiger partial charge in [0.25, 0.3) is 0 Å². The van der Waals surface area contributed by atoms with Gasteiger partial charge in [0, 0.05) is 23.0 Å². The maximum absolute atomic E-state index is 12.0. The average molecular weight is 370 g/mol. The Balaban J connectivity index is 2.57. The number of amides is 3. The Labute approximate surface area is 138 Å². The molecule has 0 bridgehead atoms. The molecule has 0 fully saturated rings. The first-order valence-electron chi connectivity index (χ1n) is 7.06. The molecule has 0 aliphatic heterocycles. The van der Waals surface area contributed by atoms with Crippen molar-refractivity contribution in [2.24, 2.45) is 5.73 Å². The molecule has 1 rings (SSSR count). The summed E-state index contributed by atoms with van der Waals surface area (Å²) >= 11 is 3.31. The number of hydrogen-bond donors (Lipinski definition) is 3. The third-order valence-electron chi connectivity index (χ3n) is 2.99. The highest BCUT2D eigenvalue weighted by Gasteiger charge is 2.20. The topological polar surface area (TPSA) is 101 Å². The van der Waals surface area contributed by atoms with Crippen molar-refractivity contribution in [1.29, 1.82) is 0 Å². The van der Waals surface area contributed by atoms with Gasteiger partial charge in [-0.15, -0.1) is 0 Å². The van der Waals surface area contributed by atoms with Gasteiger partial charge in [0.1, 0.15) is 0 Å². The number of rotatable bonds is 8. The molecule has 0 spiro atoms. The minimum absolute atomic E-state index is 0.00490. The molecule has 1 atom stereocenters. The number of carbonyl (C=O) groups is 3. The molecule has 120 valence electrons. The molecule has 0 aliphatic carbocycles. The Hall–Kier alpha value is -1.89. The molecular formula is C15H20BrN3O3. The van der Waals surface area contributed by atoms with Crippen molar-refractivity contribution in [3.63, 3.8) is 0 Å². The largest absolute Gasteiger partial charge is 0.370 e. The predicted molar refractivity (Wildman–Crippen MR) is 88.4 cm³/mol. The SMILES string of the molecule is CCC[C@H](NC(=O)Nc1ccc(Br)cc1)C(=O)CCC(N)=O. The Morgan fingerprint density at radius 1 is 1.18 bits per heavy atom. The van der Waals surface area contributed by atoms with E-state index in [-0.39, 0.29) is 18.6 Å². The molecule has 6 nitrogen and oxygen atoms in total. The lowest BCUT2D eigenvalue weighted by atomic mass is 10.0. The number of nitrogens with one attached hydrogen (secondary N) is 2. The number of primary amides is 1. The number of Topliss-reactive ketones (excluding diaryl/α,β-unsaturated/α-hetero) is 1. The van der Waals surface area contributed by atoms with Gasteiger partial charge < -0.3 is 16.4 Å². The van der Waals surface area contributed by atoms with Gasteiger partial charge in [-0.05, 0) is 30.7 Å². The van der Waals surface area contributed by atoms with E-state index in [0.29, 0.717) is 12.1 Å². The summed E-state index contributed by atoms with van der Waals surface area (Å²) in [6.45, 7) is 1.92. The van der Waals surface area contributed by atoms with Crippen LogP contribution in [0.2, 0.25) is 0 Å². The number of carbonyl (C=O) groups excluding carboxylic acids is 3. The van der Waals surface area contributed by atoms with Crippen LogP contribution in [0.5, 0.6) is 0 Å². The zero-order valence-electron chi connectivity index (χ0n) is 12.4. The number of urea groups is 1. The van der Waals surface area contributed by atoms with E-state index in [4.69, 9.17) is 5.73 Å². The maximum Gasteiger partial charge on any atom is 0.319 e. The molecule has 0 saturated carbocycles. The molecule has 1 aromatic carbocycles. The van der Waals surface area contributed by atoms with Crippen molar-refractivity contribution in [1.82, 2.24) is 5.32 Å². The van der Waals surface area contributed by atoms with Crippen molar-refractivity contribution in [2.45, 2.75) is 38.6 Å². The molecule has 4 N–H and O–H groups in total. The predicted octanol–water partition coefficient (Wildman–Crippen LogP) is 2.57. The van der Waals surface area contributed by atoms with Gasteiger partial charge >= 0.3 is 6.03 Å². The van der Waals surface area contributed by atoms with Gasteiger partial charge in [0.05, 0.1) is 6.04 Å². The molecular weight excluding hydrogens is 350 g/mol. The van der Waals surface area contributed by atoms with Crippen molar-refractivity contribution in [2.75, 3.05) is 5.32 Å². The smallest absolute Gasteiger partial charge is 0.319 e. The normalized spacial score (nSPS) is 11.5. The molecule has 0 unspecified atom stereocenters. The molecule has 0 saturated heterocycles. The summed E-state index contributed by atoms with van der Waals surface area (Å²) in [5.74, 6) is -0.713. The van der Waals surface area contributed by atoms with E-state index >= 15 is 0 Å². The highest BCUT2D eigenvalue weighted by atomic mass is 79.9. The summed E-state index contributed by atoms with van der Waals surface area (Å²) in [6.07, 6.45) is 1.30. The summed E-state index contributed by atoms with van der Waals surface area (Å²) in [6, 6.07) is 6.03. The summed E-state index contributed by atoms with van der Waals surface area (Å²) in [7, 11) is 0. The third kappa shape index (κ3) is 6.71. The van der Waals surface area contributed by atoms with Gasteiger partial charge in [-0.25, -0.2) is 4.79 Å². The fourth-order valence-electron chi connectivity index (χ4n) is 1.88. The van der Waals surface area contributed by atoms with Crippen LogP contribution in [0, 0.1) is 0 Å². The van der Waals surface area contributed by atoms with Gasteiger partial charge in [-0.2, -0.15) is 0 Å². The Morgan fingerprint density at radius 2 is 1.82 bits per heavy atom. The molecule has 1 aromatic rings. The fraction of sp³-hybridized carbons (Fsp3) is 0.400. The monoisotopic (exact) mass is 369 g/mol. The van der Waals surface area contributed by atoms with E-state index in [1.54, 1.807) is 24.3 Å². The van der Waals surface area contributed by atoms with Crippen molar-refractivity contribution < 1.29 is 14.4 Å². The van der Waals surface area contributed by atoms with Crippen LogP contribution in [-0.4, -0.2) is 23.8 Å². The van der Waals surface area contributed by atoms with Crippen LogP contribution in [0.3, 0.4) is 0 Å². The highest BCUT2D eigenvalue weighted by molar-refractivity contribution is 9.10. The summed E-state index contributed by atoms with van der Waals surface area (Å²) in [5.41, 5.74) is 5.66. The van der Waals surface area contributed by atoms with Crippen molar-refractivity contribution in [3.05, 3.63) is 28.7 Å². The number of halogens is 1. The first-order chi connectivity index (χ1) is 10.4. The Bertz CT molecular complexity index is 531. The van der Waals surface area contributed by atoms with E-state index in [9.17, 15) is 14.4 Å². The van der Waals surface area contributed by atoms with Crippen molar-refractivity contribution >= 4 is 39.3 Å². The third-order valence-corrected chi connectivity index (χ3v) is 3.52. The average Bonchev–Trinajstić information content (AvgIpc) is 2.46. The van der Waals surface area contributed by atoms with Crippen LogP contribution in [0.15, 0.2) is 28.7 Å². The van der Waals surface area contributed by atoms with Crippen LogP contribution < -0.4 is 16.4 Å². The molecule has 0 heterocycles. The second kappa shape index (κ2) is 9.19. The maximum atomic E-state index is 12.0. The van der Waals surface area contributed by atoms with Crippen LogP contribution in [0.4, 0.5) is 10.5 Å². The number of ketones is 1. The minimum Gasteiger partial charge on any atom is -0.370 e. The van der Waals surface area contributed by atoms with E-state index < -0.39 is 18.0 Å². The van der Waals surface area contributed by atoms with Crippen LogP contribution >= 0.6 is 15.9 Å². The summed E-state index contributed by atoms with van der Waals surface area (Å²) < 4.78 is 0.906. The minimum atomic E-state index is -0.611. The Morgan fingerprint density at radius 3 is 2.36 bits per heavy atom. The molecule has 0 aliphatic rings. The first kappa shape index (κ1) is 18.2. The van der Waals surface area contributed by atoms with Crippen LogP contribution in [0.1, 0.15) is 32.6 Å². The van der Waals surface area contributed by atoms with Gasteiger partial charge in [0.15, 0.2) is 5.78 Å². The van der Waals surface area contributed by atoms with E-state index in [1.165, 1.54) is 0 Å². The molecule has 3 amide bonds. The van der Waals surface area contributed by atoms with Crippen LogP contribution in [0.25, 0.3) is 0 Å². The lowest BCUT2D eigenvalue weighted by molar-refractivity contribution is -0.124. The first-order valence-corrected chi connectivity index (χ1v) is 7.85. The number of anilines is 1. The standard InChI is InChI=1S/C15H20BrN3O3/c1-2-3-12(13(20)8-9-14(17)21)19-15(22)18-11-6-4-10(16)5-7-11/h4-7,12H,2-3,8-9H2,1H3,(H2,17,21)(H2,18,19,22)/t12-/m0/s1. The highest BCUT2D eigenvalue weighted by Crippen LogP contribution is 2.14. The summed E-state index contributed by atoms with van der Waals surface area (Å²) in [4.78, 5) is 34.7. The molecule has 0 aromatic heterocycles. The molecule has 0 radical (unpaired) electrons. The van der Waals surface area contributed by atoms with E-state index in [1.807, 2.05) is 6.92 Å².